The summed E-state index contributed by atoms with van der Waals surface area (Å²) >= 11 is 0. The number of carbonyl (C=O) groups excluding carboxylic acids is 2. The molecule has 1 aromatic rings. The average molecular weight is 294 g/mol. The van der Waals surface area contributed by atoms with Crippen LogP contribution in [0.4, 0.5) is 0 Å². The summed E-state index contributed by atoms with van der Waals surface area (Å²) in [5, 5.41) is 0. The third-order valence-corrected chi connectivity index (χ3v) is 2.39. The number of ether oxygens (including phenoxy) is 3. The largest absolute Gasteiger partial charge is 0.491 e. The molecule has 0 saturated carbocycles. The van der Waals surface area contributed by atoms with E-state index in [-0.39, 0.29) is 24.4 Å². The van der Waals surface area contributed by atoms with Crippen molar-refractivity contribution in [3.63, 3.8) is 0 Å². The van der Waals surface area contributed by atoms with E-state index in [0.717, 1.165) is 0 Å². The van der Waals surface area contributed by atoms with Crippen LogP contribution in [0.25, 0.3) is 0 Å². The molecular formula is C16H22O5. The van der Waals surface area contributed by atoms with Gasteiger partial charge in [0.2, 0.25) is 0 Å². The van der Waals surface area contributed by atoms with Gasteiger partial charge in [0.15, 0.2) is 0 Å². The van der Waals surface area contributed by atoms with E-state index in [4.69, 9.17) is 14.2 Å². The Morgan fingerprint density at radius 3 is 2.19 bits per heavy atom. The van der Waals surface area contributed by atoms with Crippen molar-refractivity contribution in [3.05, 3.63) is 23.8 Å². The van der Waals surface area contributed by atoms with Crippen LogP contribution in [0, 0.1) is 0 Å². The molecule has 0 radical (unpaired) electrons. The Labute approximate surface area is 125 Å². The highest BCUT2D eigenvalue weighted by Gasteiger charge is 2.23. The fraction of sp³-hybridized carbons (Fsp3) is 0.500. The topological polar surface area (TPSA) is 61.8 Å². The molecule has 21 heavy (non-hydrogen) atoms. The van der Waals surface area contributed by atoms with Gasteiger partial charge in [-0.15, -0.1) is 0 Å². The maximum absolute atomic E-state index is 12.1. The summed E-state index contributed by atoms with van der Waals surface area (Å²) in [6, 6.07) is 4.78. The van der Waals surface area contributed by atoms with E-state index in [0.29, 0.717) is 11.5 Å². The van der Waals surface area contributed by atoms with Gasteiger partial charge in [0.05, 0.1) is 24.4 Å². The molecular weight excluding hydrogens is 272 g/mol. The standard InChI is InChI=1S/C16H22O5/c1-6-19-16(18)15(17)13-8-7-12(20-10(2)3)9-14(13)21-11(4)5/h7-11H,6H2,1-5H3. The van der Waals surface area contributed by atoms with Crippen LogP contribution < -0.4 is 9.47 Å². The molecule has 0 heterocycles. The summed E-state index contributed by atoms with van der Waals surface area (Å²) in [4.78, 5) is 23.7. The summed E-state index contributed by atoms with van der Waals surface area (Å²) in [5.74, 6) is -0.700. The quantitative estimate of drug-likeness (QED) is 0.439. The van der Waals surface area contributed by atoms with Gasteiger partial charge in [-0.3, -0.25) is 4.79 Å². The first kappa shape index (κ1) is 17.0. The van der Waals surface area contributed by atoms with Gasteiger partial charge in [-0.2, -0.15) is 0 Å². The minimum atomic E-state index is -0.886. The highest BCUT2D eigenvalue weighted by atomic mass is 16.5. The lowest BCUT2D eigenvalue weighted by molar-refractivity contribution is -0.137. The van der Waals surface area contributed by atoms with E-state index < -0.39 is 11.8 Å². The van der Waals surface area contributed by atoms with Crippen LogP contribution in [-0.2, 0) is 9.53 Å². The summed E-state index contributed by atoms with van der Waals surface area (Å²) in [7, 11) is 0. The molecule has 0 N–H and O–H groups in total. The predicted molar refractivity (Wildman–Crippen MR) is 78.9 cm³/mol. The molecule has 0 fully saturated rings. The molecule has 5 nitrogen and oxygen atoms in total. The lowest BCUT2D eigenvalue weighted by Crippen LogP contribution is -2.19. The second-order valence-corrected chi connectivity index (χ2v) is 5.04. The third-order valence-electron chi connectivity index (χ3n) is 2.39. The molecule has 5 heteroatoms. The lowest BCUT2D eigenvalue weighted by Gasteiger charge is -2.16. The van der Waals surface area contributed by atoms with Crippen molar-refractivity contribution in [2.75, 3.05) is 6.61 Å². The van der Waals surface area contributed by atoms with Crippen molar-refractivity contribution in [1.29, 1.82) is 0 Å². The molecule has 0 saturated heterocycles. The molecule has 1 rings (SSSR count). The van der Waals surface area contributed by atoms with E-state index in [1.165, 1.54) is 6.07 Å². The fourth-order valence-corrected chi connectivity index (χ4v) is 1.69. The van der Waals surface area contributed by atoms with Gasteiger partial charge < -0.3 is 14.2 Å². The molecule has 0 aliphatic heterocycles. The van der Waals surface area contributed by atoms with E-state index in [1.54, 1.807) is 19.1 Å². The number of hydrogen-bond donors (Lipinski definition) is 0. The van der Waals surface area contributed by atoms with Crippen molar-refractivity contribution >= 4 is 11.8 Å². The molecule has 0 aromatic heterocycles. The lowest BCUT2D eigenvalue weighted by atomic mass is 10.1. The van der Waals surface area contributed by atoms with Crippen molar-refractivity contribution in [3.8, 4) is 11.5 Å². The van der Waals surface area contributed by atoms with Crippen molar-refractivity contribution < 1.29 is 23.8 Å². The van der Waals surface area contributed by atoms with Crippen molar-refractivity contribution in [2.45, 2.75) is 46.8 Å². The van der Waals surface area contributed by atoms with E-state index in [9.17, 15) is 9.59 Å². The summed E-state index contributed by atoms with van der Waals surface area (Å²) in [6.45, 7) is 9.29. The summed E-state index contributed by atoms with van der Waals surface area (Å²) in [5.41, 5.74) is 0.179. The van der Waals surface area contributed by atoms with Gasteiger partial charge in [-0.1, -0.05) is 0 Å². The Bertz CT molecular complexity index is 505. The molecule has 0 spiro atoms. The predicted octanol–water partition coefficient (Wildman–Crippen LogP) is 3.01. The minimum absolute atomic E-state index is 0.00325. The molecule has 116 valence electrons. The maximum atomic E-state index is 12.1. The second kappa shape index (κ2) is 7.67. The van der Waals surface area contributed by atoms with Crippen LogP contribution in [-0.4, -0.2) is 30.6 Å². The molecule has 0 bridgehead atoms. The van der Waals surface area contributed by atoms with Crippen LogP contribution in [0.3, 0.4) is 0 Å². The minimum Gasteiger partial charge on any atom is -0.491 e. The number of hydrogen-bond acceptors (Lipinski definition) is 5. The average Bonchev–Trinajstić information content (AvgIpc) is 2.37. The van der Waals surface area contributed by atoms with Crippen LogP contribution in [0.2, 0.25) is 0 Å². The SMILES string of the molecule is CCOC(=O)C(=O)c1ccc(OC(C)C)cc1OC(C)C. The number of rotatable bonds is 7. The van der Waals surface area contributed by atoms with Gasteiger partial charge in [-0.25, -0.2) is 4.79 Å². The first-order valence-corrected chi connectivity index (χ1v) is 7.04. The van der Waals surface area contributed by atoms with Crippen LogP contribution in [0.5, 0.6) is 11.5 Å². The molecule has 0 aliphatic carbocycles. The molecule has 0 amide bonds. The highest BCUT2D eigenvalue weighted by Crippen LogP contribution is 2.27. The van der Waals surface area contributed by atoms with Gasteiger partial charge in [0.25, 0.3) is 5.78 Å². The first-order valence-electron chi connectivity index (χ1n) is 7.04. The van der Waals surface area contributed by atoms with E-state index in [1.807, 2.05) is 27.7 Å². The zero-order chi connectivity index (χ0) is 16.0. The van der Waals surface area contributed by atoms with Crippen LogP contribution >= 0.6 is 0 Å². The molecule has 0 atom stereocenters. The number of ketones is 1. The number of esters is 1. The molecule has 0 aliphatic rings. The van der Waals surface area contributed by atoms with Gasteiger partial charge in [0.1, 0.15) is 11.5 Å². The number of benzene rings is 1. The van der Waals surface area contributed by atoms with E-state index >= 15 is 0 Å². The van der Waals surface area contributed by atoms with E-state index in [2.05, 4.69) is 0 Å². The first-order chi connectivity index (χ1) is 9.85. The smallest absolute Gasteiger partial charge is 0.379 e. The number of Topliss-reactive ketones (excluding diaryl/α,β-unsaturated/α-hetero) is 1. The van der Waals surface area contributed by atoms with Crippen molar-refractivity contribution in [2.24, 2.45) is 0 Å². The van der Waals surface area contributed by atoms with Crippen LogP contribution in [0.15, 0.2) is 18.2 Å². The zero-order valence-electron chi connectivity index (χ0n) is 13.1. The fourth-order valence-electron chi connectivity index (χ4n) is 1.69. The Balaban J connectivity index is 3.12. The summed E-state index contributed by atoms with van der Waals surface area (Å²) < 4.78 is 15.9. The summed E-state index contributed by atoms with van der Waals surface area (Å²) in [6.07, 6.45) is -0.128. The Morgan fingerprint density at radius 1 is 1.05 bits per heavy atom. The van der Waals surface area contributed by atoms with Crippen LogP contribution in [0.1, 0.15) is 45.0 Å². The van der Waals surface area contributed by atoms with Crippen molar-refractivity contribution in [1.82, 2.24) is 0 Å². The molecule has 0 unspecified atom stereocenters. The Kier molecular flexibility index (Phi) is 6.21. The normalized spacial score (nSPS) is 10.6. The third kappa shape index (κ3) is 5.10. The Hall–Kier alpha value is -2.04. The monoisotopic (exact) mass is 294 g/mol. The zero-order valence-corrected chi connectivity index (χ0v) is 13.1. The van der Waals surface area contributed by atoms with Gasteiger partial charge in [0, 0.05) is 6.07 Å². The second-order valence-electron chi connectivity index (χ2n) is 5.04. The Morgan fingerprint density at radius 2 is 1.67 bits per heavy atom. The highest BCUT2D eigenvalue weighted by molar-refractivity contribution is 6.41. The maximum Gasteiger partial charge on any atom is 0.379 e. The number of carbonyl (C=O) groups is 2. The molecule has 1 aromatic carbocycles. The van der Waals surface area contributed by atoms with Gasteiger partial charge >= 0.3 is 5.97 Å². The van der Waals surface area contributed by atoms with Gasteiger partial charge in [-0.05, 0) is 46.8 Å².